The molecular formula is C29H21N7O9. The highest BCUT2D eigenvalue weighted by Crippen LogP contribution is 2.26. The first-order valence-electron chi connectivity index (χ1n) is 13.1. The minimum Gasteiger partial charge on any atom is -0.478 e. The molecule has 0 bridgehead atoms. The molecule has 2 aromatic carbocycles. The number of carbonyl (C=O) groups excluding carboxylic acids is 1. The van der Waals surface area contributed by atoms with Crippen molar-refractivity contribution >= 4 is 29.7 Å². The number of ketones is 1. The van der Waals surface area contributed by atoms with Crippen molar-refractivity contribution in [3.63, 3.8) is 0 Å². The molecule has 0 unspecified atom stereocenters. The van der Waals surface area contributed by atoms with Crippen LogP contribution in [-0.4, -0.2) is 85.1 Å². The normalized spacial score (nSPS) is 10.9. The van der Waals surface area contributed by atoms with E-state index in [9.17, 15) is 44.4 Å². The summed E-state index contributed by atoms with van der Waals surface area (Å²) in [5, 5.41) is 53.8. The fourth-order valence-corrected chi connectivity index (χ4v) is 4.32. The summed E-state index contributed by atoms with van der Waals surface area (Å²) < 4.78 is 2.34. The van der Waals surface area contributed by atoms with E-state index in [0.29, 0.717) is 6.42 Å². The number of pyridine rings is 1. The number of carbonyl (C=O) groups is 5. The number of carboxylic acid groups (broad SMARTS) is 4. The zero-order valence-electron chi connectivity index (χ0n) is 23.1. The Labute approximate surface area is 251 Å². The molecule has 0 amide bonds. The van der Waals surface area contributed by atoms with Crippen LogP contribution in [-0.2, 0) is 0 Å². The number of nitrogens with zero attached hydrogens (tertiary/aromatic N) is 7. The lowest BCUT2D eigenvalue weighted by Crippen LogP contribution is -2.06. The van der Waals surface area contributed by atoms with E-state index in [4.69, 9.17) is 0 Å². The fourth-order valence-electron chi connectivity index (χ4n) is 4.32. The average molecular weight is 612 g/mol. The molecule has 16 heteroatoms. The Kier molecular flexibility index (Phi) is 7.95. The molecule has 0 aliphatic carbocycles. The van der Waals surface area contributed by atoms with Crippen LogP contribution >= 0.6 is 0 Å². The van der Waals surface area contributed by atoms with E-state index >= 15 is 0 Å². The van der Waals surface area contributed by atoms with Gasteiger partial charge in [0, 0.05) is 12.0 Å². The van der Waals surface area contributed by atoms with Crippen LogP contribution < -0.4 is 0 Å². The van der Waals surface area contributed by atoms with Crippen LogP contribution in [0.15, 0.2) is 60.9 Å². The van der Waals surface area contributed by atoms with Crippen molar-refractivity contribution in [2.75, 3.05) is 0 Å². The van der Waals surface area contributed by atoms with Gasteiger partial charge < -0.3 is 20.4 Å². The van der Waals surface area contributed by atoms with Crippen molar-refractivity contribution in [1.82, 2.24) is 35.0 Å². The van der Waals surface area contributed by atoms with Gasteiger partial charge in [0.05, 0.1) is 57.4 Å². The molecule has 45 heavy (non-hydrogen) atoms. The molecule has 0 aliphatic heterocycles. The Morgan fingerprint density at radius 2 is 0.933 bits per heavy atom. The van der Waals surface area contributed by atoms with Crippen LogP contribution in [0.2, 0.25) is 0 Å². The Morgan fingerprint density at radius 3 is 1.27 bits per heavy atom. The summed E-state index contributed by atoms with van der Waals surface area (Å²) >= 11 is 0. The van der Waals surface area contributed by atoms with Crippen molar-refractivity contribution in [3.05, 3.63) is 88.7 Å². The van der Waals surface area contributed by atoms with Crippen LogP contribution in [0.25, 0.3) is 34.2 Å². The Balaban J connectivity index is 1.58. The largest absolute Gasteiger partial charge is 0.478 e. The smallest absolute Gasteiger partial charge is 0.335 e. The summed E-state index contributed by atoms with van der Waals surface area (Å²) in [6, 6.07) is 9.90. The van der Waals surface area contributed by atoms with Gasteiger partial charge in [0.2, 0.25) is 0 Å². The standard InChI is InChI=1S/C29H21N7O9/c1-2-3-25(37)14-10-21(23-12-35(33-31-23)19-6-15(26(38)39)4-16(7-19)27(40)41)30-22(11-14)24-13-36(34-32-24)20-8-17(28(42)43)5-18(9-20)29(44)45/h4-13H,2-3H2,1H3,(H,38,39)(H,40,41)(H,42,43)(H,44,45). The molecule has 0 saturated heterocycles. The lowest BCUT2D eigenvalue weighted by atomic mass is 10.0. The zero-order valence-corrected chi connectivity index (χ0v) is 23.1. The Hall–Kier alpha value is -6.58. The summed E-state index contributed by atoms with van der Waals surface area (Å²) in [7, 11) is 0. The van der Waals surface area contributed by atoms with E-state index in [-0.39, 0.29) is 74.2 Å². The number of hydrogen-bond donors (Lipinski definition) is 4. The highest BCUT2D eigenvalue weighted by molar-refractivity contribution is 5.98. The fraction of sp³-hybridized carbons (Fsp3) is 0.103. The second-order valence-corrected chi connectivity index (χ2v) is 9.65. The zero-order chi connectivity index (χ0) is 32.4. The number of aromatic carboxylic acids is 4. The topological polar surface area (TPSA) is 241 Å². The van der Waals surface area contributed by atoms with E-state index in [0.717, 1.165) is 12.1 Å². The SMILES string of the molecule is CCCC(=O)c1cc(-c2cn(-c3cc(C(=O)O)cc(C(=O)O)c3)nn2)nc(-c2cn(-c3cc(C(=O)O)cc(C(=O)O)c3)nn2)c1. The second-order valence-electron chi connectivity index (χ2n) is 9.65. The number of benzene rings is 2. The van der Waals surface area contributed by atoms with Gasteiger partial charge in [0.1, 0.15) is 11.4 Å². The van der Waals surface area contributed by atoms with Gasteiger partial charge in [-0.2, -0.15) is 0 Å². The highest BCUT2D eigenvalue weighted by Gasteiger charge is 2.19. The van der Waals surface area contributed by atoms with Crippen LogP contribution in [0.3, 0.4) is 0 Å². The Morgan fingerprint density at radius 1 is 0.556 bits per heavy atom. The van der Waals surface area contributed by atoms with Gasteiger partial charge in [-0.25, -0.2) is 33.5 Å². The number of rotatable bonds is 11. The second kappa shape index (κ2) is 12.0. The van der Waals surface area contributed by atoms with E-state index in [1.807, 2.05) is 6.92 Å². The van der Waals surface area contributed by atoms with Crippen molar-refractivity contribution in [1.29, 1.82) is 0 Å². The number of Topliss-reactive ketones (excluding diaryl/α,β-unsaturated/α-hetero) is 1. The number of carboxylic acids is 4. The molecule has 5 aromatic rings. The van der Waals surface area contributed by atoms with Gasteiger partial charge in [-0.1, -0.05) is 17.4 Å². The predicted molar refractivity (Wildman–Crippen MR) is 152 cm³/mol. The van der Waals surface area contributed by atoms with Gasteiger partial charge >= 0.3 is 23.9 Å². The van der Waals surface area contributed by atoms with Crippen LogP contribution in [0.5, 0.6) is 0 Å². The molecule has 16 nitrogen and oxygen atoms in total. The maximum Gasteiger partial charge on any atom is 0.335 e. The van der Waals surface area contributed by atoms with Gasteiger partial charge in [-0.05, 0) is 55.0 Å². The summed E-state index contributed by atoms with van der Waals surface area (Å²) in [5.74, 6) is -5.56. The minimum absolute atomic E-state index is 0.108. The molecule has 4 N–H and O–H groups in total. The predicted octanol–water partition coefficient (Wildman–Crippen LogP) is 3.35. The quantitative estimate of drug-likeness (QED) is 0.157. The van der Waals surface area contributed by atoms with Crippen molar-refractivity contribution in [3.8, 4) is 34.2 Å². The summed E-state index contributed by atoms with van der Waals surface area (Å²) in [5.41, 5.74) is 0.0630. The summed E-state index contributed by atoms with van der Waals surface area (Å²) in [4.78, 5) is 63.7. The molecule has 0 fully saturated rings. The van der Waals surface area contributed by atoms with E-state index in [1.165, 1.54) is 58.2 Å². The summed E-state index contributed by atoms with van der Waals surface area (Å²) in [6.07, 6.45) is 3.56. The molecule has 5 rings (SSSR count). The molecule has 0 spiro atoms. The third kappa shape index (κ3) is 6.29. The van der Waals surface area contributed by atoms with Crippen molar-refractivity contribution in [2.45, 2.75) is 19.8 Å². The lowest BCUT2D eigenvalue weighted by molar-refractivity contribution is 0.0676. The average Bonchev–Trinajstić information content (AvgIpc) is 3.72. The molecule has 0 radical (unpaired) electrons. The first-order chi connectivity index (χ1) is 21.4. The van der Waals surface area contributed by atoms with E-state index < -0.39 is 23.9 Å². The third-order valence-electron chi connectivity index (χ3n) is 6.49. The maximum atomic E-state index is 12.9. The van der Waals surface area contributed by atoms with Crippen LogP contribution in [0.4, 0.5) is 0 Å². The van der Waals surface area contributed by atoms with Gasteiger partial charge in [-0.15, -0.1) is 10.2 Å². The maximum absolute atomic E-state index is 12.9. The first kappa shape index (κ1) is 29.9. The number of aromatic nitrogens is 7. The van der Waals surface area contributed by atoms with Gasteiger partial charge in [-0.3, -0.25) is 4.79 Å². The molecule has 3 aromatic heterocycles. The number of hydrogen-bond acceptors (Lipinski definition) is 10. The molecule has 0 saturated carbocycles. The van der Waals surface area contributed by atoms with Crippen molar-refractivity contribution in [2.24, 2.45) is 0 Å². The van der Waals surface area contributed by atoms with Crippen LogP contribution in [0.1, 0.15) is 71.6 Å². The van der Waals surface area contributed by atoms with Gasteiger partial charge in [0.25, 0.3) is 0 Å². The van der Waals surface area contributed by atoms with Gasteiger partial charge in [0.15, 0.2) is 5.78 Å². The van der Waals surface area contributed by atoms with Crippen molar-refractivity contribution < 1.29 is 44.4 Å². The highest BCUT2D eigenvalue weighted by atomic mass is 16.4. The van der Waals surface area contributed by atoms with Crippen LogP contribution in [0, 0.1) is 0 Å². The van der Waals surface area contributed by atoms with E-state index in [1.54, 1.807) is 0 Å². The molecular weight excluding hydrogens is 590 g/mol. The third-order valence-corrected chi connectivity index (χ3v) is 6.49. The molecule has 0 aliphatic rings. The summed E-state index contributed by atoms with van der Waals surface area (Å²) in [6.45, 7) is 1.84. The molecule has 226 valence electrons. The first-order valence-corrected chi connectivity index (χ1v) is 13.1. The minimum atomic E-state index is -1.34. The molecule has 3 heterocycles. The van der Waals surface area contributed by atoms with E-state index in [2.05, 4.69) is 25.6 Å². The molecule has 0 atom stereocenters. The Bertz CT molecular complexity index is 1830. The lowest BCUT2D eigenvalue weighted by Gasteiger charge is -2.06. The monoisotopic (exact) mass is 611 g/mol.